The van der Waals surface area contributed by atoms with Crippen LogP contribution in [0, 0.1) is 5.92 Å². The fourth-order valence-electron chi connectivity index (χ4n) is 4.14. The Morgan fingerprint density at radius 3 is 3.00 bits per heavy atom. The zero-order valence-corrected chi connectivity index (χ0v) is 14.6. The molecule has 1 saturated carbocycles. The first kappa shape index (κ1) is 17.0. The summed E-state index contributed by atoms with van der Waals surface area (Å²) in [5.41, 5.74) is -0.425. The lowest BCUT2D eigenvalue weighted by Crippen LogP contribution is -2.55. The highest BCUT2D eigenvalue weighted by Gasteiger charge is 2.43. The van der Waals surface area contributed by atoms with E-state index in [0.29, 0.717) is 31.0 Å². The number of amides is 1. The van der Waals surface area contributed by atoms with Crippen LogP contribution in [0.15, 0.2) is 39.7 Å². The summed E-state index contributed by atoms with van der Waals surface area (Å²) >= 11 is 0. The monoisotopic (exact) mass is 357 g/mol. The lowest BCUT2D eigenvalue weighted by Gasteiger charge is -2.47. The summed E-state index contributed by atoms with van der Waals surface area (Å²) in [6.45, 7) is 0.985. The van der Waals surface area contributed by atoms with Crippen molar-refractivity contribution in [1.29, 1.82) is 0 Å². The summed E-state index contributed by atoms with van der Waals surface area (Å²) in [6, 6.07) is 6.49. The number of aliphatic hydroxyl groups is 1. The van der Waals surface area contributed by atoms with Gasteiger partial charge in [-0.05, 0) is 37.5 Å². The fourth-order valence-corrected chi connectivity index (χ4v) is 4.14. The van der Waals surface area contributed by atoms with Gasteiger partial charge in [-0.3, -0.25) is 9.59 Å². The maximum absolute atomic E-state index is 12.7. The van der Waals surface area contributed by atoms with Gasteiger partial charge in [0.1, 0.15) is 12.2 Å². The third kappa shape index (κ3) is 3.19. The number of hydrogen-bond acceptors (Lipinski definition) is 5. The Balaban J connectivity index is 1.48. The Hall–Kier alpha value is -2.41. The summed E-state index contributed by atoms with van der Waals surface area (Å²) in [5, 5.41) is 15.0. The van der Waals surface area contributed by atoms with Crippen LogP contribution < -0.4 is 5.56 Å². The number of piperidine rings is 1. The van der Waals surface area contributed by atoms with Crippen molar-refractivity contribution in [2.75, 3.05) is 13.1 Å². The minimum absolute atomic E-state index is 0.0987. The van der Waals surface area contributed by atoms with Gasteiger partial charge in [0.15, 0.2) is 5.76 Å². The van der Waals surface area contributed by atoms with E-state index in [1.165, 1.54) is 17.0 Å². The van der Waals surface area contributed by atoms with Crippen molar-refractivity contribution in [2.24, 2.45) is 5.92 Å². The van der Waals surface area contributed by atoms with Gasteiger partial charge in [0.2, 0.25) is 5.91 Å². The molecule has 7 nitrogen and oxygen atoms in total. The predicted molar refractivity (Wildman–Crippen MR) is 94.3 cm³/mol. The average molecular weight is 357 g/mol. The molecule has 1 N–H and O–H groups in total. The lowest BCUT2D eigenvalue weighted by atomic mass is 9.71. The number of hydrogen-bond donors (Lipinski definition) is 1. The van der Waals surface area contributed by atoms with Crippen molar-refractivity contribution in [3.8, 4) is 11.5 Å². The molecule has 138 valence electrons. The van der Waals surface area contributed by atoms with E-state index in [2.05, 4.69) is 5.10 Å². The van der Waals surface area contributed by atoms with Crippen LogP contribution in [-0.2, 0) is 11.3 Å². The van der Waals surface area contributed by atoms with Crippen LogP contribution in [0.5, 0.6) is 0 Å². The van der Waals surface area contributed by atoms with Crippen LogP contribution in [-0.4, -0.2) is 44.4 Å². The Morgan fingerprint density at radius 1 is 1.31 bits per heavy atom. The van der Waals surface area contributed by atoms with Gasteiger partial charge in [0.25, 0.3) is 5.56 Å². The van der Waals surface area contributed by atoms with Gasteiger partial charge in [0, 0.05) is 25.1 Å². The molecule has 0 spiro atoms. The normalized spacial score (nSPS) is 25.7. The molecule has 3 heterocycles. The highest BCUT2D eigenvalue weighted by atomic mass is 16.3. The van der Waals surface area contributed by atoms with Gasteiger partial charge in [-0.2, -0.15) is 5.10 Å². The standard InChI is InChI=1S/C19H23N3O4/c23-17-7-6-15(16-5-3-11-26-16)20-22(17)13-18(24)21-10-9-19(25)8-2-1-4-14(19)12-21/h3,5-7,11,14,25H,1-2,4,8-10,12-13H2/t14-,19+/m1/s1. The second kappa shape index (κ2) is 6.72. The number of carbonyl (C=O) groups is 1. The second-order valence-corrected chi connectivity index (χ2v) is 7.33. The fraction of sp³-hybridized carbons (Fsp3) is 0.526. The molecule has 2 aliphatic rings. The molecule has 7 heteroatoms. The smallest absolute Gasteiger partial charge is 0.267 e. The molecular formula is C19H23N3O4. The third-order valence-electron chi connectivity index (χ3n) is 5.71. The van der Waals surface area contributed by atoms with Crippen molar-refractivity contribution in [3.05, 3.63) is 40.9 Å². The van der Waals surface area contributed by atoms with Crippen LogP contribution in [0.4, 0.5) is 0 Å². The summed E-state index contributed by atoms with van der Waals surface area (Å²) in [4.78, 5) is 26.6. The SMILES string of the molecule is O=C(Cn1nc(-c2ccco2)ccc1=O)N1CC[C@@]2(O)CCCC[C@@H]2C1. The number of likely N-dealkylation sites (tertiary alicyclic amines) is 1. The molecule has 2 fully saturated rings. The van der Waals surface area contributed by atoms with Crippen molar-refractivity contribution in [3.63, 3.8) is 0 Å². The third-order valence-corrected chi connectivity index (χ3v) is 5.71. The molecule has 2 aromatic rings. The van der Waals surface area contributed by atoms with Crippen LogP contribution in [0.2, 0.25) is 0 Å². The lowest BCUT2D eigenvalue weighted by molar-refractivity contribution is -0.144. The molecule has 2 atom stereocenters. The van der Waals surface area contributed by atoms with Gasteiger partial charge < -0.3 is 14.4 Å². The topological polar surface area (TPSA) is 88.6 Å². The molecule has 0 bridgehead atoms. The molecule has 1 saturated heterocycles. The number of furan rings is 1. The molecule has 1 aliphatic heterocycles. The van der Waals surface area contributed by atoms with E-state index < -0.39 is 5.60 Å². The first-order chi connectivity index (χ1) is 12.5. The number of fused-ring (bicyclic) bond motifs is 1. The van der Waals surface area contributed by atoms with E-state index in [0.717, 1.165) is 25.7 Å². The predicted octanol–water partition coefficient (Wildman–Crippen LogP) is 1.66. The summed E-state index contributed by atoms with van der Waals surface area (Å²) in [7, 11) is 0. The molecule has 0 aromatic carbocycles. The number of aromatic nitrogens is 2. The Kier molecular flexibility index (Phi) is 4.40. The molecular weight excluding hydrogens is 334 g/mol. The van der Waals surface area contributed by atoms with E-state index in [1.807, 2.05) is 0 Å². The average Bonchev–Trinajstić information content (AvgIpc) is 3.17. The van der Waals surface area contributed by atoms with Gasteiger partial charge >= 0.3 is 0 Å². The Labute approximate surface area is 151 Å². The molecule has 0 unspecified atom stereocenters. The summed E-state index contributed by atoms with van der Waals surface area (Å²) < 4.78 is 6.49. The highest BCUT2D eigenvalue weighted by Crippen LogP contribution is 2.39. The minimum Gasteiger partial charge on any atom is -0.463 e. The van der Waals surface area contributed by atoms with Gasteiger partial charge in [-0.25, -0.2) is 4.68 Å². The maximum atomic E-state index is 12.7. The summed E-state index contributed by atoms with van der Waals surface area (Å²) in [6.07, 6.45) is 6.08. The van der Waals surface area contributed by atoms with Crippen molar-refractivity contribution in [2.45, 2.75) is 44.2 Å². The first-order valence-corrected chi connectivity index (χ1v) is 9.17. The summed E-state index contributed by atoms with van der Waals surface area (Å²) in [5.74, 6) is 0.549. The van der Waals surface area contributed by atoms with Crippen molar-refractivity contribution >= 4 is 5.91 Å². The van der Waals surface area contributed by atoms with Crippen LogP contribution >= 0.6 is 0 Å². The molecule has 26 heavy (non-hydrogen) atoms. The second-order valence-electron chi connectivity index (χ2n) is 7.33. The van der Waals surface area contributed by atoms with Gasteiger partial charge in [-0.15, -0.1) is 0 Å². The van der Waals surface area contributed by atoms with Gasteiger partial charge in [0.05, 0.1) is 11.9 Å². The highest BCUT2D eigenvalue weighted by molar-refractivity contribution is 5.76. The first-order valence-electron chi connectivity index (χ1n) is 9.17. The van der Waals surface area contributed by atoms with E-state index in [-0.39, 0.29) is 23.9 Å². The van der Waals surface area contributed by atoms with Crippen molar-refractivity contribution in [1.82, 2.24) is 14.7 Å². The quantitative estimate of drug-likeness (QED) is 0.902. The van der Waals surface area contributed by atoms with Crippen LogP contribution in [0.25, 0.3) is 11.5 Å². The number of rotatable bonds is 3. The molecule has 1 amide bonds. The largest absolute Gasteiger partial charge is 0.463 e. The van der Waals surface area contributed by atoms with E-state index in [4.69, 9.17) is 4.42 Å². The number of carbonyl (C=O) groups excluding carboxylic acids is 1. The van der Waals surface area contributed by atoms with E-state index >= 15 is 0 Å². The zero-order valence-electron chi connectivity index (χ0n) is 14.6. The molecule has 1 aliphatic carbocycles. The van der Waals surface area contributed by atoms with Crippen LogP contribution in [0.3, 0.4) is 0 Å². The number of nitrogens with zero attached hydrogens (tertiary/aromatic N) is 3. The van der Waals surface area contributed by atoms with E-state index in [9.17, 15) is 14.7 Å². The Bertz CT molecular complexity index is 845. The maximum Gasteiger partial charge on any atom is 0.267 e. The zero-order chi connectivity index (χ0) is 18.1. The molecule has 2 aromatic heterocycles. The van der Waals surface area contributed by atoms with Crippen LogP contribution in [0.1, 0.15) is 32.1 Å². The van der Waals surface area contributed by atoms with Crippen molar-refractivity contribution < 1.29 is 14.3 Å². The minimum atomic E-state index is -0.622. The molecule has 4 rings (SSSR count). The Morgan fingerprint density at radius 2 is 2.19 bits per heavy atom. The molecule has 0 radical (unpaired) electrons. The van der Waals surface area contributed by atoms with E-state index in [1.54, 1.807) is 23.1 Å². The van der Waals surface area contributed by atoms with Gasteiger partial charge in [-0.1, -0.05) is 12.8 Å².